The number of hydrogen-bond acceptors (Lipinski definition) is 3. The average molecular weight is 253 g/mol. The summed E-state index contributed by atoms with van der Waals surface area (Å²) in [6.45, 7) is 3.51. The first-order valence-corrected chi connectivity index (χ1v) is 5.41. The molecule has 1 rings (SSSR count). The molecule has 1 aromatic rings. The van der Waals surface area contributed by atoms with Gasteiger partial charge in [0.05, 0.1) is 17.7 Å². The van der Waals surface area contributed by atoms with E-state index in [1.807, 2.05) is 6.07 Å². The lowest BCUT2D eigenvalue weighted by Gasteiger charge is -2.26. The maximum atomic E-state index is 10.7. The Bertz CT molecular complexity index is 478. The van der Waals surface area contributed by atoms with Crippen LogP contribution in [-0.2, 0) is 4.79 Å². The van der Waals surface area contributed by atoms with Crippen molar-refractivity contribution in [3.63, 3.8) is 0 Å². The second-order valence-electron chi connectivity index (χ2n) is 4.38. The fraction of sp³-hybridized carbons (Fsp3) is 0.333. The van der Waals surface area contributed by atoms with E-state index in [1.165, 1.54) is 0 Å². The van der Waals surface area contributed by atoms with Crippen LogP contribution in [0.25, 0.3) is 0 Å². The molecule has 0 bridgehead atoms. The first-order valence-electron chi connectivity index (χ1n) is 5.04. The molecule has 0 aromatic heterocycles. The molecule has 0 amide bonds. The first kappa shape index (κ1) is 13.3. The minimum atomic E-state index is -0.900. The van der Waals surface area contributed by atoms with Crippen molar-refractivity contribution in [2.45, 2.75) is 25.8 Å². The van der Waals surface area contributed by atoms with Gasteiger partial charge < -0.3 is 10.4 Å². The zero-order chi connectivity index (χ0) is 13.1. The summed E-state index contributed by atoms with van der Waals surface area (Å²) < 4.78 is 0. The third-order valence-electron chi connectivity index (χ3n) is 2.17. The van der Waals surface area contributed by atoms with E-state index in [0.717, 1.165) is 0 Å². The van der Waals surface area contributed by atoms with Gasteiger partial charge in [0, 0.05) is 10.6 Å². The molecule has 2 N–H and O–H groups in total. The van der Waals surface area contributed by atoms with Gasteiger partial charge in [-0.25, -0.2) is 0 Å². The number of halogens is 1. The quantitative estimate of drug-likeness (QED) is 0.864. The molecule has 0 aliphatic rings. The summed E-state index contributed by atoms with van der Waals surface area (Å²) >= 11 is 5.84. The van der Waals surface area contributed by atoms with Crippen LogP contribution in [0.1, 0.15) is 25.8 Å². The predicted molar refractivity (Wildman–Crippen MR) is 66.1 cm³/mol. The lowest BCUT2D eigenvalue weighted by atomic mass is 9.99. The molecule has 0 unspecified atom stereocenters. The average Bonchev–Trinajstić information content (AvgIpc) is 2.14. The Morgan fingerprint density at radius 1 is 1.59 bits per heavy atom. The standard InChI is InChI=1S/C12H13ClN2O2/c1-12(2,6-11(16)17)15-10-5-9(13)4-3-8(10)7-14/h3-5,15H,6H2,1-2H3,(H,16,17). The van der Waals surface area contributed by atoms with Gasteiger partial charge in [-0.3, -0.25) is 4.79 Å². The maximum Gasteiger partial charge on any atom is 0.305 e. The fourth-order valence-electron chi connectivity index (χ4n) is 1.50. The Kier molecular flexibility index (Phi) is 3.97. The maximum absolute atomic E-state index is 10.7. The lowest BCUT2D eigenvalue weighted by Crippen LogP contribution is -2.33. The van der Waals surface area contributed by atoms with E-state index in [-0.39, 0.29) is 6.42 Å². The number of benzene rings is 1. The van der Waals surface area contributed by atoms with E-state index < -0.39 is 11.5 Å². The van der Waals surface area contributed by atoms with Gasteiger partial charge in [-0.05, 0) is 32.0 Å². The normalized spacial score (nSPS) is 10.7. The van der Waals surface area contributed by atoms with Crippen LogP contribution in [0.3, 0.4) is 0 Å². The number of nitrogens with one attached hydrogen (secondary N) is 1. The molecule has 1 aromatic carbocycles. The zero-order valence-electron chi connectivity index (χ0n) is 9.62. The van der Waals surface area contributed by atoms with Crippen molar-refractivity contribution < 1.29 is 9.90 Å². The highest BCUT2D eigenvalue weighted by molar-refractivity contribution is 6.30. The van der Waals surface area contributed by atoms with E-state index in [1.54, 1.807) is 32.0 Å². The van der Waals surface area contributed by atoms with Crippen LogP contribution in [0.15, 0.2) is 18.2 Å². The van der Waals surface area contributed by atoms with Gasteiger partial charge in [-0.2, -0.15) is 5.26 Å². The number of rotatable bonds is 4. The third-order valence-corrected chi connectivity index (χ3v) is 2.40. The van der Waals surface area contributed by atoms with Crippen LogP contribution in [0.4, 0.5) is 5.69 Å². The Balaban J connectivity index is 2.98. The molecule has 0 fully saturated rings. The van der Waals surface area contributed by atoms with Crippen molar-refractivity contribution in [2.24, 2.45) is 0 Å². The van der Waals surface area contributed by atoms with E-state index in [0.29, 0.717) is 16.3 Å². The minimum absolute atomic E-state index is 0.0512. The van der Waals surface area contributed by atoms with E-state index >= 15 is 0 Å². The van der Waals surface area contributed by atoms with Gasteiger partial charge in [0.1, 0.15) is 6.07 Å². The molecule has 0 heterocycles. The fourth-order valence-corrected chi connectivity index (χ4v) is 1.68. The third kappa shape index (κ3) is 3.97. The summed E-state index contributed by atoms with van der Waals surface area (Å²) in [6.07, 6.45) is -0.0512. The molecular weight excluding hydrogens is 240 g/mol. The highest BCUT2D eigenvalue weighted by atomic mass is 35.5. The molecule has 0 saturated carbocycles. The Hall–Kier alpha value is -1.73. The summed E-state index contributed by atoms with van der Waals surface area (Å²) in [4.78, 5) is 10.7. The Morgan fingerprint density at radius 2 is 2.24 bits per heavy atom. The summed E-state index contributed by atoms with van der Waals surface area (Å²) in [6, 6.07) is 6.86. The highest BCUT2D eigenvalue weighted by Crippen LogP contribution is 2.25. The van der Waals surface area contributed by atoms with Crippen molar-refractivity contribution >= 4 is 23.3 Å². The summed E-state index contributed by atoms with van der Waals surface area (Å²) in [7, 11) is 0. The van der Waals surface area contributed by atoms with Crippen molar-refractivity contribution in [3.05, 3.63) is 28.8 Å². The van der Waals surface area contributed by atoms with Gasteiger partial charge in [-0.1, -0.05) is 11.6 Å². The molecule has 0 saturated heterocycles. The monoisotopic (exact) mass is 252 g/mol. The molecule has 4 nitrogen and oxygen atoms in total. The molecular formula is C12H13ClN2O2. The van der Waals surface area contributed by atoms with Crippen molar-refractivity contribution in [2.75, 3.05) is 5.32 Å². The molecule has 0 radical (unpaired) electrons. The highest BCUT2D eigenvalue weighted by Gasteiger charge is 2.22. The number of carboxylic acid groups (broad SMARTS) is 1. The van der Waals surface area contributed by atoms with Crippen LogP contribution in [0, 0.1) is 11.3 Å². The van der Waals surface area contributed by atoms with E-state index in [9.17, 15) is 4.79 Å². The summed E-state index contributed by atoms with van der Waals surface area (Å²) in [5, 5.41) is 21.2. The van der Waals surface area contributed by atoms with Crippen LogP contribution >= 0.6 is 11.6 Å². The number of carbonyl (C=O) groups is 1. The van der Waals surface area contributed by atoms with E-state index in [4.69, 9.17) is 22.0 Å². The SMILES string of the molecule is CC(C)(CC(=O)O)Nc1cc(Cl)ccc1C#N. The summed E-state index contributed by atoms with van der Waals surface area (Å²) in [5.41, 5.74) is 0.335. The predicted octanol–water partition coefficient (Wildman–Crippen LogP) is 2.88. The minimum Gasteiger partial charge on any atom is -0.481 e. The lowest BCUT2D eigenvalue weighted by molar-refractivity contribution is -0.137. The van der Waals surface area contributed by atoms with Gasteiger partial charge >= 0.3 is 5.97 Å². The second-order valence-corrected chi connectivity index (χ2v) is 4.82. The molecule has 0 aliphatic carbocycles. The molecule has 5 heteroatoms. The smallest absolute Gasteiger partial charge is 0.305 e. The van der Waals surface area contributed by atoms with Gasteiger partial charge in [-0.15, -0.1) is 0 Å². The number of carboxylic acids is 1. The molecule has 0 spiro atoms. The summed E-state index contributed by atoms with van der Waals surface area (Å²) in [5.74, 6) is -0.900. The van der Waals surface area contributed by atoms with Gasteiger partial charge in [0.2, 0.25) is 0 Å². The number of aliphatic carboxylic acids is 1. The Morgan fingerprint density at radius 3 is 2.76 bits per heavy atom. The molecule has 0 aliphatic heterocycles. The van der Waals surface area contributed by atoms with Crippen LogP contribution in [0.5, 0.6) is 0 Å². The number of nitrogens with zero attached hydrogens (tertiary/aromatic N) is 1. The number of anilines is 1. The zero-order valence-corrected chi connectivity index (χ0v) is 10.4. The second kappa shape index (κ2) is 5.07. The van der Waals surface area contributed by atoms with Crippen LogP contribution in [0.2, 0.25) is 5.02 Å². The topological polar surface area (TPSA) is 73.1 Å². The van der Waals surface area contributed by atoms with E-state index in [2.05, 4.69) is 5.32 Å². The van der Waals surface area contributed by atoms with Crippen molar-refractivity contribution in [1.29, 1.82) is 5.26 Å². The van der Waals surface area contributed by atoms with Gasteiger partial charge in [0.15, 0.2) is 0 Å². The number of hydrogen-bond donors (Lipinski definition) is 2. The number of nitriles is 1. The van der Waals surface area contributed by atoms with Crippen molar-refractivity contribution in [1.82, 2.24) is 0 Å². The molecule has 0 atom stereocenters. The van der Waals surface area contributed by atoms with Crippen LogP contribution in [-0.4, -0.2) is 16.6 Å². The Labute approximate surface area is 105 Å². The van der Waals surface area contributed by atoms with Crippen LogP contribution < -0.4 is 5.32 Å². The van der Waals surface area contributed by atoms with Gasteiger partial charge in [0.25, 0.3) is 0 Å². The first-order chi connectivity index (χ1) is 7.84. The van der Waals surface area contributed by atoms with Crippen molar-refractivity contribution in [3.8, 4) is 6.07 Å². The molecule has 90 valence electrons. The largest absolute Gasteiger partial charge is 0.481 e. The molecule has 17 heavy (non-hydrogen) atoms.